The number of carbonyl (C=O) groups is 1. The number of hydrogen-bond donors (Lipinski definition) is 2. The van der Waals surface area contributed by atoms with Gasteiger partial charge in [0.25, 0.3) is 0 Å². The van der Waals surface area contributed by atoms with E-state index in [2.05, 4.69) is 10.6 Å². The van der Waals surface area contributed by atoms with Crippen LogP contribution in [0, 0.1) is 5.92 Å². The number of benzene rings is 1. The van der Waals surface area contributed by atoms with Crippen molar-refractivity contribution < 1.29 is 9.53 Å². The third-order valence-electron chi connectivity index (χ3n) is 4.08. The van der Waals surface area contributed by atoms with Crippen LogP contribution < -0.4 is 15.4 Å². The maximum atomic E-state index is 11.1. The predicted octanol–water partition coefficient (Wildman–Crippen LogP) is 4.04. The summed E-state index contributed by atoms with van der Waals surface area (Å²) in [5.74, 6) is 1.37. The van der Waals surface area contributed by atoms with Crippen molar-refractivity contribution in [2.24, 2.45) is 5.92 Å². The Bertz CT molecular complexity index is 466. The highest BCUT2D eigenvalue weighted by Crippen LogP contribution is 2.29. The molecule has 0 saturated heterocycles. The number of rotatable bonds is 5. The SMILES string of the molecule is COc1cc(NCC2CCCCCC2)ccc1NC(C)=O. The summed E-state index contributed by atoms with van der Waals surface area (Å²) in [6.45, 7) is 2.51. The van der Waals surface area contributed by atoms with Crippen LogP contribution in [0.5, 0.6) is 5.75 Å². The molecule has 1 saturated carbocycles. The van der Waals surface area contributed by atoms with E-state index in [-0.39, 0.29) is 5.91 Å². The number of anilines is 2. The summed E-state index contributed by atoms with van der Waals surface area (Å²) in [5, 5.41) is 6.28. The number of carbonyl (C=O) groups excluding carboxylic acids is 1. The zero-order valence-corrected chi connectivity index (χ0v) is 13.1. The van der Waals surface area contributed by atoms with Crippen molar-refractivity contribution in [3.05, 3.63) is 18.2 Å². The number of ether oxygens (including phenoxy) is 1. The van der Waals surface area contributed by atoms with E-state index in [4.69, 9.17) is 4.74 Å². The molecule has 0 heterocycles. The Morgan fingerprint density at radius 3 is 2.57 bits per heavy atom. The molecule has 1 aliphatic carbocycles. The summed E-state index contributed by atoms with van der Waals surface area (Å²) in [7, 11) is 1.62. The zero-order valence-electron chi connectivity index (χ0n) is 13.1. The monoisotopic (exact) mass is 290 g/mol. The number of amides is 1. The van der Waals surface area contributed by atoms with E-state index in [0.29, 0.717) is 11.4 Å². The van der Waals surface area contributed by atoms with Crippen LogP contribution in [0.3, 0.4) is 0 Å². The second-order valence-corrected chi connectivity index (χ2v) is 5.83. The molecule has 1 aliphatic rings. The smallest absolute Gasteiger partial charge is 0.221 e. The van der Waals surface area contributed by atoms with Crippen LogP contribution in [0.25, 0.3) is 0 Å². The largest absolute Gasteiger partial charge is 0.494 e. The lowest BCUT2D eigenvalue weighted by Crippen LogP contribution is -2.14. The predicted molar refractivity (Wildman–Crippen MR) is 87.0 cm³/mol. The minimum atomic E-state index is -0.0903. The molecule has 2 N–H and O–H groups in total. The summed E-state index contributed by atoms with van der Waals surface area (Å²) >= 11 is 0. The van der Waals surface area contributed by atoms with E-state index in [0.717, 1.165) is 18.2 Å². The van der Waals surface area contributed by atoms with Crippen molar-refractivity contribution in [3.63, 3.8) is 0 Å². The van der Waals surface area contributed by atoms with Crippen LogP contribution in [0.15, 0.2) is 18.2 Å². The average molecular weight is 290 g/mol. The standard InChI is InChI=1S/C17H26N2O2/c1-13(20)19-16-10-9-15(11-17(16)21-2)18-12-14-7-5-3-4-6-8-14/h9-11,14,18H,3-8,12H2,1-2H3,(H,19,20). The highest BCUT2D eigenvalue weighted by atomic mass is 16.5. The van der Waals surface area contributed by atoms with Gasteiger partial charge in [-0.2, -0.15) is 0 Å². The van der Waals surface area contributed by atoms with E-state index in [1.165, 1.54) is 45.4 Å². The molecule has 4 nitrogen and oxygen atoms in total. The minimum absolute atomic E-state index is 0.0903. The zero-order chi connectivity index (χ0) is 15.1. The average Bonchev–Trinajstić information content (AvgIpc) is 2.74. The first-order valence-corrected chi connectivity index (χ1v) is 7.88. The lowest BCUT2D eigenvalue weighted by molar-refractivity contribution is -0.114. The van der Waals surface area contributed by atoms with E-state index in [1.807, 2.05) is 18.2 Å². The second kappa shape index (κ2) is 7.91. The molecule has 116 valence electrons. The van der Waals surface area contributed by atoms with Gasteiger partial charge in [-0.15, -0.1) is 0 Å². The Hall–Kier alpha value is -1.71. The van der Waals surface area contributed by atoms with E-state index in [9.17, 15) is 4.79 Å². The van der Waals surface area contributed by atoms with Crippen LogP contribution in [0.1, 0.15) is 45.4 Å². The van der Waals surface area contributed by atoms with Crippen molar-refractivity contribution in [2.75, 3.05) is 24.3 Å². The summed E-state index contributed by atoms with van der Waals surface area (Å²) < 4.78 is 5.34. The van der Waals surface area contributed by atoms with Gasteiger partial charge in [-0.3, -0.25) is 4.79 Å². The molecule has 21 heavy (non-hydrogen) atoms. The molecule has 2 rings (SSSR count). The third-order valence-corrected chi connectivity index (χ3v) is 4.08. The summed E-state index contributed by atoms with van der Waals surface area (Å²) in [6, 6.07) is 5.82. The molecule has 1 amide bonds. The molecule has 0 aliphatic heterocycles. The van der Waals surface area contributed by atoms with Gasteiger partial charge in [0.15, 0.2) is 0 Å². The molecule has 0 atom stereocenters. The minimum Gasteiger partial charge on any atom is -0.494 e. The van der Waals surface area contributed by atoms with Crippen LogP contribution in [-0.4, -0.2) is 19.6 Å². The Labute approximate surface area is 127 Å². The lowest BCUT2D eigenvalue weighted by atomic mass is 10.0. The topological polar surface area (TPSA) is 50.4 Å². The Morgan fingerprint density at radius 2 is 1.95 bits per heavy atom. The van der Waals surface area contributed by atoms with Gasteiger partial charge in [-0.25, -0.2) is 0 Å². The molecular weight excluding hydrogens is 264 g/mol. The number of hydrogen-bond acceptors (Lipinski definition) is 3. The second-order valence-electron chi connectivity index (χ2n) is 5.83. The van der Waals surface area contributed by atoms with Gasteiger partial charge in [0, 0.05) is 25.2 Å². The van der Waals surface area contributed by atoms with Crippen molar-refractivity contribution in [1.82, 2.24) is 0 Å². The van der Waals surface area contributed by atoms with Crippen molar-refractivity contribution in [3.8, 4) is 5.75 Å². The Balaban J connectivity index is 1.95. The highest BCUT2D eigenvalue weighted by molar-refractivity contribution is 5.90. The van der Waals surface area contributed by atoms with E-state index in [1.54, 1.807) is 7.11 Å². The summed E-state index contributed by atoms with van der Waals surface area (Å²) in [4.78, 5) is 11.1. The van der Waals surface area contributed by atoms with Crippen LogP contribution in [0.4, 0.5) is 11.4 Å². The van der Waals surface area contributed by atoms with Gasteiger partial charge in [0.1, 0.15) is 5.75 Å². The Morgan fingerprint density at radius 1 is 1.24 bits per heavy atom. The van der Waals surface area contributed by atoms with Gasteiger partial charge < -0.3 is 15.4 Å². The Kier molecular flexibility index (Phi) is 5.90. The number of methoxy groups -OCH3 is 1. The molecule has 4 heteroatoms. The molecule has 0 bridgehead atoms. The molecule has 0 spiro atoms. The molecule has 1 aromatic carbocycles. The molecule has 0 aromatic heterocycles. The normalized spacial score (nSPS) is 16.1. The molecular formula is C17H26N2O2. The van der Waals surface area contributed by atoms with Crippen LogP contribution in [-0.2, 0) is 4.79 Å². The van der Waals surface area contributed by atoms with Crippen molar-refractivity contribution in [1.29, 1.82) is 0 Å². The van der Waals surface area contributed by atoms with E-state index < -0.39 is 0 Å². The number of nitrogens with one attached hydrogen (secondary N) is 2. The maximum absolute atomic E-state index is 11.1. The van der Waals surface area contributed by atoms with Gasteiger partial charge in [-0.05, 0) is 30.9 Å². The molecule has 1 aromatic rings. The van der Waals surface area contributed by atoms with Crippen LogP contribution in [0.2, 0.25) is 0 Å². The lowest BCUT2D eigenvalue weighted by Gasteiger charge is -2.17. The van der Waals surface area contributed by atoms with Crippen molar-refractivity contribution in [2.45, 2.75) is 45.4 Å². The van der Waals surface area contributed by atoms with Gasteiger partial charge in [0.2, 0.25) is 5.91 Å². The molecule has 1 fully saturated rings. The fraction of sp³-hybridized carbons (Fsp3) is 0.588. The summed E-state index contributed by atoms with van der Waals surface area (Å²) in [6.07, 6.45) is 8.14. The molecule has 0 radical (unpaired) electrons. The van der Waals surface area contributed by atoms with Crippen molar-refractivity contribution >= 4 is 17.3 Å². The summed E-state index contributed by atoms with van der Waals surface area (Å²) in [5.41, 5.74) is 1.76. The fourth-order valence-corrected chi connectivity index (χ4v) is 2.92. The first kappa shape index (κ1) is 15.7. The quantitative estimate of drug-likeness (QED) is 0.805. The van der Waals surface area contributed by atoms with Gasteiger partial charge in [0.05, 0.1) is 12.8 Å². The molecule has 0 unspecified atom stereocenters. The maximum Gasteiger partial charge on any atom is 0.221 e. The van der Waals surface area contributed by atoms with Gasteiger partial charge >= 0.3 is 0 Å². The van der Waals surface area contributed by atoms with Gasteiger partial charge in [-0.1, -0.05) is 25.7 Å². The fourth-order valence-electron chi connectivity index (χ4n) is 2.92. The van der Waals surface area contributed by atoms with E-state index >= 15 is 0 Å². The third kappa shape index (κ3) is 4.96. The highest BCUT2D eigenvalue weighted by Gasteiger charge is 2.12. The first-order valence-electron chi connectivity index (χ1n) is 7.88. The first-order chi connectivity index (χ1) is 10.2. The van der Waals surface area contributed by atoms with Crippen LogP contribution >= 0.6 is 0 Å².